The van der Waals surface area contributed by atoms with Crippen molar-refractivity contribution in [1.82, 2.24) is 20.0 Å². The highest BCUT2D eigenvalue weighted by atomic mass is 19.1. The van der Waals surface area contributed by atoms with Crippen molar-refractivity contribution in [2.24, 2.45) is 0 Å². The molecule has 0 saturated heterocycles. The third kappa shape index (κ3) is 5.08. The van der Waals surface area contributed by atoms with E-state index >= 15 is 0 Å². The number of urea groups is 1. The lowest BCUT2D eigenvalue weighted by Crippen LogP contribution is -2.40. The average Bonchev–Trinajstić information content (AvgIpc) is 2.86. The molecule has 24 heavy (non-hydrogen) atoms. The number of rotatable bonds is 7. The smallest absolute Gasteiger partial charge is 0.317 e. The van der Waals surface area contributed by atoms with E-state index in [1.807, 2.05) is 37.6 Å². The number of benzene rings is 1. The number of nitrogens with zero attached hydrogens (tertiary/aromatic N) is 3. The zero-order chi connectivity index (χ0) is 17.5. The second-order valence-corrected chi connectivity index (χ2v) is 5.88. The number of hydrogen-bond donors (Lipinski definition) is 1. The zero-order valence-electron chi connectivity index (χ0n) is 14.6. The summed E-state index contributed by atoms with van der Waals surface area (Å²) >= 11 is 0. The number of halogens is 1. The lowest BCUT2D eigenvalue weighted by molar-refractivity contribution is 0.197. The SMILES string of the molecule is CCN(Cc1cccc(F)c1)C(=O)NCCCn1nc(C)cc1C. The summed E-state index contributed by atoms with van der Waals surface area (Å²) in [6.07, 6.45) is 0.811. The fourth-order valence-corrected chi connectivity index (χ4v) is 2.62. The first-order valence-electron chi connectivity index (χ1n) is 8.28. The average molecular weight is 332 g/mol. The normalized spacial score (nSPS) is 10.7. The van der Waals surface area contributed by atoms with Gasteiger partial charge in [-0.05, 0) is 51.0 Å². The molecule has 0 aliphatic rings. The molecular weight excluding hydrogens is 307 g/mol. The van der Waals surface area contributed by atoms with Crippen LogP contribution in [0.15, 0.2) is 30.3 Å². The van der Waals surface area contributed by atoms with Gasteiger partial charge in [0.25, 0.3) is 0 Å². The molecule has 6 heteroatoms. The van der Waals surface area contributed by atoms with Gasteiger partial charge in [-0.25, -0.2) is 9.18 Å². The van der Waals surface area contributed by atoms with Gasteiger partial charge in [-0.15, -0.1) is 0 Å². The maximum absolute atomic E-state index is 13.2. The molecule has 0 atom stereocenters. The Morgan fingerprint density at radius 3 is 2.75 bits per heavy atom. The highest BCUT2D eigenvalue weighted by Crippen LogP contribution is 2.07. The monoisotopic (exact) mass is 332 g/mol. The number of hydrogen-bond acceptors (Lipinski definition) is 2. The highest BCUT2D eigenvalue weighted by Gasteiger charge is 2.11. The van der Waals surface area contributed by atoms with Crippen molar-refractivity contribution < 1.29 is 9.18 Å². The molecule has 1 N–H and O–H groups in total. The van der Waals surface area contributed by atoms with E-state index in [2.05, 4.69) is 10.4 Å². The van der Waals surface area contributed by atoms with E-state index in [0.717, 1.165) is 29.9 Å². The van der Waals surface area contributed by atoms with Crippen LogP contribution in [-0.4, -0.2) is 33.8 Å². The lowest BCUT2D eigenvalue weighted by Gasteiger charge is -2.21. The minimum atomic E-state index is -0.283. The van der Waals surface area contributed by atoms with Crippen LogP contribution < -0.4 is 5.32 Å². The molecule has 0 spiro atoms. The van der Waals surface area contributed by atoms with Crippen LogP contribution in [0.25, 0.3) is 0 Å². The lowest BCUT2D eigenvalue weighted by atomic mass is 10.2. The van der Waals surface area contributed by atoms with Crippen LogP contribution in [0.3, 0.4) is 0 Å². The Morgan fingerprint density at radius 2 is 2.12 bits per heavy atom. The van der Waals surface area contributed by atoms with E-state index < -0.39 is 0 Å². The predicted octanol–water partition coefficient (Wildman–Crippen LogP) is 3.26. The zero-order valence-corrected chi connectivity index (χ0v) is 14.6. The molecular formula is C18H25FN4O. The van der Waals surface area contributed by atoms with Gasteiger partial charge in [-0.3, -0.25) is 4.68 Å². The van der Waals surface area contributed by atoms with Gasteiger partial charge in [-0.1, -0.05) is 12.1 Å². The van der Waals surface area contributed by atoms with Crippen molar-refractivity contribution >= 4 is 6.03 Å². The molecule has 2 rings (SSSR count). The van der Waals surface area contributed by atoms with Crippen LogP contribution in [0.4, 0.5) is 9.18 Å². The van der Waals surface area contributed by atoms with Gasteiger partial charge in [-0.2, -0.15) is 5.10 Å². The van der Waals surface area contributed by atoms with E-state index in [4.69, 9.17) is 0 Å². The standard InChI is InChI=1S/C18H25FN4O/c1-4-22(13-16-7-5-8-17(19)12-16)18(24)20-9-6-10-23-15(3)11-14(2)21-23/h5,7-8,11-12H,4,6,9-10,13H2,1-3H3,(H,20,24). The summed E-state index contributed by atoms with van der Waals surface area (Å²) in [5.41, 5.74) is 2.92. The van der Waals surface area contributed by atoms with Gasteiger partial charge in [0.05, 0.1) is 5.69 Å². The summed E-state index contributed by atoms with van der Waals surface area (Å²) in [6.45, 7) is 8.23. The van der Waals surface area contributed by atoms with E-state index in [0.29, 0.717) is 19.6 Å². The Balaban J connectivity index is 1.78. The van der Waals surface area contributed by atoms with Crippen LogP contribution in [0.2, 0.25) is 0 Å². The summed E-state index contributed by atoms with van der Waals surface area (Å²) in [4.78, 5) is 13.9. The molecule has 1 heterocycles. The second-order valence-electron chi connectivity index (χ2n) is 5.88. The van der Waals surface area contributed by atoms with Crippen molar-refractivity contribution in [3.8, 4) is 0 Å². The molecule has 130 valence electrons. The van der Waals surface area contributed by atoms with E-state index in [-0.39, 0.29) is 11.8 Å². The largest absolute Gasteiger partial charge is 0.338 e. The number of aryl methyl sites for hydroxylation is 3. The first kappa shape index (κ1) is 18.0. The van der Waals surface area contributed by atoms with Crippen LogP contribution in [0.5, 0.6) is 0 Å². The van der Waals surface area contributed by atoms with E-state index in [9.17, 15) is 9.18 Å². The van der Waals surface area contributed by atoms with Crippen LogP contribution in [-0.2, 0) is 13.1 Å². The van der Waals surface area contributed by atoms with Crippen molar-refractivity contribution in [2.75, 3.05) is 13.1 Å². The van der Waals surface area contributed by atoms with Crippen molar-refractivity contribution in [2.45, 2.75) is 40.3 Å². The van der Waals surface area contributed by atoms with Crippen LogP contribution in [0.1, 0.15) is 30.3 Å². The van der Waals surface area contributed by atoms with Gasteiger partial charge in [0, 0.05) is 31.9 Å². The van der Waals surface area contributed by atoms with Gasteiger partial charge in [0.1, 0.15) is 5.82 Å². The van der Waals surface area contributed by atoms with Gasteiger partial charge < -0.3 is 10.2 Å². The Labute approximate surface area is 142 Å². The Hall–Kier alpha value is -2.37. The molecule has 2 aromatic rings. The topological polar surface area (TPSA) is 50.2 Å². The molecule has 0 bridgehead atoms. The Bertz CT molecular complexity index is 683. The third-order valence-electron chi connectivity index (χ3n) is 3.86. The van der Waals surface area contributed by atoms with Crippen LogP contribution >= 0.6 is 0 Å². The number of amides is 2. The Kier molecular flexibility index (Phi) is 6.35. The quantitative estimate of drug-likeness (QED) is 0.791. The first-order valence-corrected chi connectivity index (χ1v) is 8.28. The summed E-state index contributed by atoms with van der Waals surface area (Å²) in [5, 5.41) is 7.32. The number of carbonyl (C=O) groups is 1. The molecule has 0 unspecified atom stereocenters. The fourth-order valence-electron chi connectivity index (χ4n) is 2.62. The van der Waals surface area contributed by atoms with Gasteiger partial charge in [0.2, 0.25) is 0 Å². The summed E-state index contributed by atoms with van der Waals surface area (Å²) in [7, 11) is 0. The van der Waals surface area contributed by atoms with Gasteiger partial charge in [0.15, 0.2) is 0 Å². The number of aromatic nitrogens is 2. The van der Waals surface area contributed by atoms with E-state index in [1.54, 1.807) is 11.0 Å². The van der Waals surface area contributed by atoms with Gasteiger partial charge >= 0.3 is 6.03 Å². The minimum Gasteiger partial charge on any atom is -0.338 e. The molecule has 0 aliphatic heterocycles. The summed E-state index contributed by atoms with van der Waals surface area (Å²) in [5.74, 6) is -0.283. The second kappa shape index (κ2) is 8.47. The van der Waals surface area contributed by atoms with Crippen molar-refractivity contribution in [3.63, 3.8) is 0 Å². The summed E-state index contributed by atoms with van der Waals surface area (Å²) in [6, 6.07) is 8.25. The highest BCUT2D eigenvalue weighted by molar-refractivity contribution is 5.74. The Morgan fingerprint density at radius 1 is 1.33 bits per heavy atom. The molecule has 1 aromatic carbocycles. The maximum atomic E-state index is 13.2. The third-order valence-corrected chi connectivity index (χ3v) is 3.86. The number of carbonyl (C=O) groups excluding carboxylic acids is 1. The predicted molar refractivity (Wildman–Crippen MR) is 92.2 cm³/mol. The molecule has 0 aliphatic carbocycles. The fraction of sp³-hybridized carbons (Fsp3) is 0.444. The first-order chi connectivity index (χ1) is 11.5. The molecule has 1 aromatic heterocycles. The summed E-state index contributed by atoms with van der Waals surface area (Å²) < 4.78 is 15.2. The van der Waals surface area contributed by atoms with E-state index in [1.165, 1.54) is 12.1 Å². The van der Waals surface area contributed by atoms with Crippen molar-refractivity contribution in [1.29, 1.82) is 0 Å². The number of nitrogens with one attached hydrogen (secondary N) is 1. The molecule has 5 nitrogen and oxygen atoms in total. The molecule has 0 saturated carbocycles. The maximum Gasteiger partial charge on any atom is 0.317 e. The molecule has 2 amide bonds. The minimum absolute atomic E-state index is 0.130. The van der Waals surface area contributed by atoms with Crippen LogP contribution in [0, 0.1) is 19.7 Å². The molecule has 0 fully saturated rings. The van der Waals surface area contributed by atoms with Crippen molar-refractivity contribution in [3.05, 3.63) is 53.1 Å². The molecule has 0 radical (unpaired) electrons.